The van der Waals surface area contributed by atoms with Crippen LogP contribution in [0.15, 0.2) is 35.2 Å². The van der Waals surface area contributed by atoms with Gasteiger partial charge in [0, 0.05) is 12.0 Å². The molecule has 3 fully saturated rings. The van der Waals surface area contributed by atoms with E-state index in [2.05, 4.69) is 0 Å². The van der Waals surface area contributed by atoms with Crippen molar-refractivity contribution in [2.75, 3.05) is 13.2 Å². The minimum atomic E-state index is -3.22. The van der Waals surface area contributed by atoms with Gasteiger partial charge in [-0.15, -0.1) is 0 Å². The van der Waals surface area contributed by atoms with E-state index in [9.17, 15) is 8.42 Å². The van der Waals surface area contributed by atoms with E-state index in [0.717, 1.165) is 38.7 Å². The fourth-order valence-electron chi connectivity index (χ4n) is 3.58. The third-order valence-corrected chi connectivity index (χ3v) is 7.86. The maximum absolute atomic E-state index is 12.7. The Morgan fingerprint density at radius 2 is 1.95 bits per heavy atom. The topological polar surface area (TPSA) is 52.6 Å². The molecule has 114 valence electrons. The van der Waals surface area contributed by atoms with Gasteiger partial charge in [-0.25, -0.2) is 8.42 Å². The zero-order chi connectivity index (χ0) is 14.6. The van der Waals surface area contributed by atoms with Crippen molar-refractivity contribution in [2.24, 2.45) is 5.41 Å². The predicted molar refractivity (Wildman–Crippen MR) is 77.6 cm³/mol. The summed E-state index contributed by atoms with van der Waals surface area (Å²) in [6.45, 7) is 1.27. The van der Waals surface area contributed by atoms with Gasteiger partial charge in [-0.05, 0) is 44.2 Å². The molecule has 21 heavy (non-hydrogen) atoms. The monoisotopic (exact) mass is 308 g/mol. The molecule has 0 amide bonds. The summed E-state index contributed by atoms with van der Waals surface area (Å²) >= 11 is 0. The third-order valence-electron chi connectivity index (χ3n) is 5.22. The fraction of sp³-hybridized carbons (Fsp3) is 0.625. The Kier molecular flexibility index (Phi) is 2.97. The molecule has 0 N–H and O–H groups in total. The number of hydrogen-bond donors (Lipinski definition) is 0. The lowest BCUT2D eigenvalue weighted by Crippen LogP contribution is -2.24. The van der Waals surface area contributed by atoms with Crippen molar-refractivity contribution in [1.29, 1.82) is 0 Å². The van der Waals surface area contributed by atoms with Crippen molar-refractivity contribution < 1.29 is 17.9 Å². The normalized spacial score (nSPS) is 37.8. The van der Waals surface area contributed by atoms with E-state index in [4.69, 9.17) is 9.47 Å². The van der Waals surface area contributed by atoms with E-state index in [1.807, 2.05) is 6.07 Å². The highest BCUT2D eigenvalue weighted by Crippen LogP contribution is 2.83. The maximum atomic E-state index is 12.7. The van der Waals surface area contributed by atoms with E-state index in [0.29, 0.717) is 11.5 Å². The second kappa shape index (κ2) is 4.54. The van der Waals surface area contributed by atoms with Gasteiger partial charge in [-0.2, -0.15) is 0 Å². The Hall–Kier alpha value is -0.910. The first-order valence-corrected chi connectivity index (χ1v) is 9.11. The van der Waals surface area contributed by atoms with Gasteiger partial charge in [0.2, 0.25) is 0 Å². The number of fused-ring (bicyclic) bond motifs is 1. The van der Waals surface area contributed by atoms with Crippen molar-refractivity contribution >= 4 is 9.84 Å². The second-order valence-electron chi connectivity index (χ2n) is 6.55. The lowest BCUT2D eigenvalue weighted by molar-refractivity contribution is -0.167. The van der Waals surface area contributed by atoms with E-state index in [1.54, 1.807) is 24.3 Å². The number of ether oxygens (including phenoxy) is 2. The van der Waals surface area contributed by atoms with Gasteiger partial charge in [-0.1, -0.05) is 18.2 Å². The average Bonchev–Trinajstić information content (AvgIpc) is 3.35. The van der Waals surface area contributed by atoms with Crippen molar-refractivity contribution in [1.82, 2.24) is 0 Å². The van der Waals surface area contributed by atoms with Gasteiger partial charge in [0.05, 0.1) is 16.2 Å². The molecule has 0 bridgehead atoms. The first kappa shape index (κ1) is 13.7. The highest BCUT2D eigenvalue weighted by Gasteiger charge is 2.89. The van der Waals surface area contributed by atoms with Gasteiger partial charge in [0.25, 0.3) is 0 Å². The molecule has 5 heteroatoms. The molecule has 0 aromatic heterocycles. The molecule has 1 heterocycles. The summed E-state index contributed by atoms with van der Waals surface area (Å²) in [6.07, 6.45) is 4.50. The van der Waals surface area contributed by atoms with Crippen LogP contribution in [0.5, 0.6) is 0 Å². The van der Waals surface area contributed by atoms with Crippen LogP contribution in [-0.2, 0) is 19.3 Å². The molecule has 1 saturated heterocycles. The van der Waals surface area contributed by atoms with Crippen LogP contribution in [0.4, 0.5) is 0 Å². The third kappa shape index (κ3) is 1.98. The maximum Gasteiger partial charge on any atom is 0.184 e. The smallest absolute Gasteiger partial charge is 0.184 e. The first-order valence-electron chi connectivity index (χ1n) is 7.63. The molecule has 0 radical (unpaired) electrons. The van der Waals surface area contributed by atoms with E-state index >= 15 is 0 Å². The molecular weight excluding hydrogens is 288 g/mol. The standard InChI is InChI=1S/C16H20O4S/c17-21(18,13-6-2-1-3-7-13)16-10-15(16,11-16)12-20-14-8-4-5-9-19-14/h1-3,6-7,14H,4-5,8-12H2. The minimum absolute atomic E-state index is 0.133. The second-order valence-corrected chi connectivity index (χ2v) is 8.81. The lowest BCUT2D eigenvalue weighted by Gasteiger charge is -2.23. The largest absolute Gasteiger partial charge is 0.353 e. The zero-order valence-electron chi connectivity index (χ0n) is 12.0. The van der Waals surface area contributed by atoms with Gasteiger partial charge in [0.1, 0.15) is 0 Å². The molecule has 1 aromatic carbocycles. The molecule has 1 atom stereocenters. The molecule has 1 aliphatic heterocycles. The summed E-state index contributed by atoms with van der Waals surface area (Å²) in [4.78, 5) is 0.443. The van der Waals surface area contributed by atoms with Crippen LogP contribution >= 0.6 is 0 Å². The Morgan fingerprint density at radius 3 is 2.62 bits per heavy atom. The SMILES string of the molecule is O=S(=O)(c1ccccc1)C12CC1(COC1CCCCO1)C2. The Morgan fingerprint density at radius 1 is 1.19 bits per heavy atom. The van der Waals surface area contributed by atoms with Gasteiger partial charge in [0.15, 0.2) is 16.1 Å². The molecule has 1 unspecified atom stereocenters. The number of sulfone groups is 1. The number of rotatable bonds is 5. The van der Waals surface area contributed by atoms with Gasteiger partial charge < -0.3 is 9.47 Å². The summed E-state index contributed by atoms with van der Waals surface area (Å²) in [7, 11) is -3.22. The molecular formula is C16H20O4S. The molecule has 4 rings (SSSR count). The van der Waals surface area contributed by atoms with Crippen molar-refractivity contribution in [2.45, 2.75) is 48.0 Å². The van der Waals surface area contributed by atoms with Crippen LogP contribution < -0.4 is 0 Å². The van der Waals surface area contributed by atoms with Crippen LogP contribution in [0, 0.1) is 5.41 Å². The van der Waals surface area contributed by atoms with Crippen LogP contribution in [0.3, 0.4) is 0 Å². The molecule has 4 nitrogen and oxygen atoms in total. The highest BCUT2D eigenvalue weighted by molar-refractivity contribution is 7.93. The summed E-state index contributed by atoms with van der Waals surface area (Å²) in [5.41, 5.74) is -0.136. The first-order chi connectivity index (χ1) is 10.1. The summed E-state index contributed by atoms with van der Waals surface area (Å²) in [6, 6.07) is 8.78. The van der Waals surface area contributed by atoms with Gasteiger partial charge >= 0.3 is 0 Å². The average molecular weight is 308 g/mol. The summed E-state index contributed by atoms with van der Waals surface area (Å²) in [5, 5.41) is 0. The Bertz CT molecular complexity index is 626. The van der Waals surface area contributed by atoms with Crippen molar-refractivity contribution in [3.63, 3.8) is 0 Å². The summed E-state index contributed by atoms with van der Waals surface area (Å²) < 4.78 is 36.3. The van der Waals surface area contributed by atoms with Crippen molar-refractivity contribution in [3.8, 4) is 0 Å². The van der Waals surface area contributed by atoms with E-state index in [1.165, 1.54) is 0 Å². The highest BCUT2D eigenvalue weighted by atomic mass is 32.2. The number of hydrogen-bond acceptors (Lipinski definition) is 4. The molecule has 2 saturated carbocycles. The Balaban J connectivity index is 1.43. The summed E-state index contributed by atoms with van der Waals surface area (Å²) in [5.74, 6) is 0. The van der Waals surface area contributed by atoms with Crippen LogP contribution in [-0.4, -0.2) is 32.7 Å². The minimum Gasteiger partial charge on any atom is -0.353 e. The van der Waals surface area contributed by atoms with E-state index < -0.39 is 14.6 Å². The molecule has 2 aliphatic carbocycles. The molecule has 3 aliphatic rings. The number of benzene rings is 1. The van der Waals surface area contributed by atoms with Crippen LogP contribution in [0.25, 0.3) is 0 Å². The van der Waals surface area contributed by atoms with Gasteiger partial charge in [-0.3, -0.25) is 0 Å². The lowest BCUT2D eigenvalue weighted by atomic mass is 10.2. The fourth-order valence-corrected chi connectivity index (χ4v) is 6.11. The molecule has 1 aromatic rings. The molecule has 0 spiro atoms. The van der Waals surface area contributed by atoms with Crippen molar-refractivity contribution in [3.05, 3.63) is 30.3 Å². The zero-order valence-corrected chi connectivity index (χ0v) is 12.8. The Labute approximate surface area is 125 Å². The quantitative estimate of drug-likeness (QED) is 0.839. The van der Waals surface area contributed by atoms with Crippen LogP contribution in [0.2, 0.25) is 0 Å². The predicted octanol–water partition coefficient (Wildman–Crippen LogP) is 2.54. The van der Waals surface area contributed by atoms with E-state index in [-0.39, 0.29) is 11.7 Å². The van der Waals surface area contributed by atoms with Crippen LogP contribution in [0.1, 0.15) is 32.1 Å².